The Bertz CT molecular complexity index is 693. The Kier molecular flexibility index (Phi) is 3.44. The number of hydrogen-bond acceptors (Lipinski definition) is 4. The maximum absolute atomic E-state index is 5.33. The zero-order valence-corrected chi connectivity index (χ0v) is 12.3. The van der Waals surface area contributed by atoms with Gasteiger partial charge in [-0.05, 0) is 43.0 Å². The van der Waals surface area contributed by atoms with Gasteiger partial charge in [-0.2, -0.15) is 0 Å². The van der Waals surface area contributed by atoms with Crippen LogP contribution in [-0.2, 0) is 0 Å². The van der Waals surface area contributed by atoms with Gasteiger partial charge >= 0.3 is 0 Å². The lowest BCUT2D eigenvalue weighted by Crippen LogP contribution is -1.96. The van der Waals surface area contributed by atoms with E-state index in [1.165, 1.54) is 18.5 Å². The van der Waals surface area contributed by atoms with Crippen molar-refractivity contribution in [1.82, 2.24) is 9.97 Å². The molecule has 5 heteroatoms. The predicted octanol–water partition coefficient (Wildman–Crippen LogP) is 3.70. The fourth-order valence-corrected chi connectivity index (χ4v) is 2.43. The summed E-state index contributed by atoms with van der Waals surface area (Å²) in [7, 11) is 3.24. The Labute approximate surface area is 122 Å². The Morgan fingerprint density at radius 1 is 1.15 bits per heavy atom. The lowest BCUT2D eigenvalue weighted by molar-refractivity contribution is 0.355. The maximum atomic E-state index is 5.33. The first-order valence-electron chi connectivity index (χ1n) is 6.55. The summed E-state index contributed by atoms with van der Waals surface area (Å²) in [6.45, 7) is 0. The van der Waals surface area contributed by atoms with E-state index >= 15 is 0 Å². The van der Waals surface area contributed by atoms with Gasteiger partial charge < -0.3 is 14.5 Å². The van der Waals surface area contributed by atoms with Gasteiger partial charge in [0.2, 0.25) is 0 Å². The highest BCUT2D eigenvalue weighted by atomic mass is 32.1. The van der Waals surface area contributed by atoms with Gasteiger partial charge in [-0.1, -0.05) is 12.2 Å². The van der Waals surface area contributed by atoms with Crippen LogP contribution in [0.25, 0.3) is 11.4 Å². The van der Waals surface area contributed by atoms with Crippen molar-refractivity contribution in [3.8, 4) is 22.9 Å². The zero-order chi connectivity index (χ0) is 14.1. The topological polar surface area (TPSA) is 47.1 Å². The molecule has 1 heterocycles. The van der Waals surface area contributed by atoms with Gasteiger partial charge in [0.25, 0.3) is 0 Å². The number of benzene rings is 1. The van der Waals surface area contributed by atoms with Crippen LogP contribution in [0.2, 0.25) is 0 Å². The van der Waals surface area contributed by atoms with Gasteiger partial charge in [-0.25, -0.2) is 4.98 Å². The molecule has 1 aromatic carbocycles. The monoisotopic (exact) mass is 288 g/mol. The molecule has 3 rings (SSSR count). The quantitative estimate of drug-likeness (QED) is 0.871. The van der Waals surface area contributed by atoms with Gasteiger partial charge in [0.05, 0.1) is 14.2 Å². The van der Waals surface area contributed by atoms with Crippen LogP contribution in [-0.4, -0.2) is 24.2 Å². The third-order valence-corrected chi connectivity index (χ3v) is 3.65. The SMILES string of the molecule is COc1ccc(-c2nc(=S)cc(C3CC3)[nH]2)cc1OC. The molecule has 0 bridgehead atoms. The molecule has 4 nitrogen and oxygen atoms in total. The first-order chi connectivity index (χ1) is 9.71. The number of methoxy groups -OCH3 is 2. The van der Waals surface area contributed by atoms with E-state index in [0.717, 1.165) is 11.4 Å². The van der Waals surface area contributed by atoms with Crippen molar-refractivity contribution in [2.45, 2.75) is 18.8 Å². The molecule has 0 saturated heterocycles. The third kappa shape index (κ3) is 2.54. The summed E-state index contributed by atoms with van der Waals surface area (Å²) >= 11 is 5.26. The largest absolute Gasteiger partial charge is 0.493 e. The number of ether oxygens (including phenoxy) is 2. The third-order valence-electron chi connectivity index (χ3n) is 3.44. The van der Waals surface area contributed by atoms with Crippen LogP contribution in [0.4, 0.5) is 0 Å². The van der Waals surface area contributed by atoms with Crippen LogP contribution in [0.3, 0.4) is 0 Å². The van der Waals surface area contributed by atoms with Crippen molar-refractivity contribution in [3.63, 3.8) is 0 Å². The van der Waals surface area contributed by atoms with Crippen LogP contribution >= 0.6 is 12.2 Å². The van der Waals surface area contributed by atoms with Gasteiger partial charge in [-0.3, -0.25) is 0 Å². The Balaban J connectivity index is 2.06. The summed E-state index contributed by atoms with van der Waals surface area (Å²) in [5.41, 5.74) is 2.12. The lowest BCUT2D eigenvalue weighted by atomic mass is 10.1. The molecule has 0 aliphatic heterocycles. The predicted molar refractivity (Wildman–Crippen MR) is 79.9 cm³/mol. The molecule has 1 N–H and O–H groups in total. The van der Waals surface area contributed by atoms with Crippen LogP contribution in [0.1, 0.15) is 24.5 Å². The van der Waals surface area contributed by atoms with E-state index in [2.05, 4.69) is 9.97 Å². The Morgan fingerprint density at radius 2 is 1.90 bits per heavy atom. The molecule has 1 aromatic heterocycles. The zero-order valence-electron chi connectivity index (χ0n) is 11.5. The highest BCUT2D eigenvalue weighted by molar-refractivity contribution is 7.71. The Hall–Kier alpha value is -1.88. The molecular weight excluding hydrogens is 272 g/mol. The van der Waals surface area contributed by atoms with E-state index in [9.17, 15) is 0 Å². The lowest BCUT2D eigenvalue weighted by Gasteiger charge is -2.10. The van der Waals surface area contributed by atoms with Crippen molar-refractivity contribution in [2.24, 2.45) is 0 Å². The summed E-state index contributed by atoms with van der Waals surface area (Å²) in [5.74, 6) is 2.77. The van der Waals surface area contributed by atoms with Crippen molar-refractivity contribution in [2.75, 3.05) is 14.2 Å². The van der Waals surface area contributed by atoms with Gasteiger partial charge in [0, 0.05) is 11.3 Å². The number of nitrogens with one attached hydrogen (secondary N) is 1. The fraction of sp³-hybridized carbons (Fsp3) is 0.333. The molecule has 0 amide bonds. The molecule has 20 heavy (non-hydrogen) atoms. The standard InChI is InChI=1S/C15H16N2O2S/c1-18-12-6-5-10(7-13(12)19-2)15-16-11(9-3-4-9)8-14(20)17-15/h5-9H,3-4H2,1-2H3,(H,16,17,20). The van der Waals surface area contributed by atoms with Crippen molar-refractivity contribution >= 4 is 12.2 Å². The van der Waals surface area contributed by atoms with E-state index in [1.54, 1.807) is 14.2 Å². The molecule has 0 unspecified atom stereocenters. The first kappa shape index (κ1) is 13.1. The molecule has 2 aromatic rings. The van der Waals surface area contributed by atoms with Gasteiger partial charge in [0.1, 0.15) is 10.5 Å². The summed E-state index contributed by atoms with van der Waals surface area (Å²) in [6, 6.07) is 7.68. The maximum Gasteiger partial charge on any atom is 0.161 e. The molecule has 0 atom stereocenters. The second kappa shape index (κ2) is 5.25. The van der Waals surface area contributed by atoms with E-state index in [0.29, 0.717) is 22.1 Å². The number of rotatable bonds is 4. The molecule has 1 saturated carbocycles. The highest BCUT2D eigenvalue weighted by Gasteiger charge is 2.24. The number of aromatic amines is 1. The van der Waals surface area contributed by atoms with Crippen LogP contribution in [0.15, 0.2) is 24.3 Å². The molecule has 1 fully saturated rings. The second-order valence-corrected chi connectivity index (χ2v) is 5.29. The highest BCUT2D eigenvalue weighted by Crippen LogP contribution is 2.39. The summed E-state index contributed by atoms with van der Waals surface area (Å²) in [4.78, 5) is 7.79. The van der Waals surface area contributed by atoms with E-state index in [4.69, 9.17) is 21.7 Å². The van der Waals surface area contributed by atoms with Gasteiger partial charge in [-0.15, -0.1) is 0 Å². The minimum absolute atomic E-state index is 0.610. The van der Waals surface area contributed by atoms with Crippen molar-refractivity contribution in [3.05, 3.63) is 34.6 Å². The summed E-state index contributed by atoms with van der Waals surface area (Å²) in [5, 5.41) is 0. The van der Waals surface area contributed by atoms with Crippen molar-refractivity contribution < 1.29 is 9.47 Å². The normalized spacial score (nSPS) is 14.1. The number of nitrogens with zero attached hydrogens (tertiary/aromatic N) is 1. The minimum atomic E-state index is 0.610. The molecule has 1 aliphatic carbocycles. The van der Waals surface area contributed by atoms with Gasteiger partial charge in [0.15, 0.2) is 11.5 Å². The summed E-state index contributed by atoms with van der Waals surface area (Å²) < 4.78 is 11.2. The number of hydrogen-bond donors (Lipinski definition) is 1. The average molecular weight is 288 g/mol. The minimum Gasteiger partial charge on any atom is -0.493 e. The average Bonchev–Trinajstić information content (AvgIpc) is 3.30. The van der Waals surface area contributed by atoms with E-state index in [1.807, 2.05) is 24.3 Å². The van der Waals surface area contributed by atoms with Crippen LogP contribution in [0, 0.1) is 4.64 Å². The molecule has 104 valence electrons. The molecule has 1 aliphatic rings. The van der Waals surface area contributed by atoms with E-state index < -0.39 is 0 Å². The number of aromatic nitrogens is 2. The Morgan fingerprint density at radius 3 is 2.55 bits per heavy atom. The van der Waals surface area contributed by atoms with Crippen molar-refractivity contribution in [1.29, 1.82) is 0 Å². The molecule has 0 radical (unpaired) electrons. The fourth-order valence-electron chi connectivity index (χ4n) is 2.21. The van der Waals surface area contributed by atoms with Crippen LogP contribution in [0.5, 0.6) is 11.5 Å². The first-order valence-corrected chi connectivity index (χ1v) is 6.95. The molecular formula is C15H16N2O2S. The van der Waals surface area contributed by atoms with Crippen LogP contribution < -0.4 is 9.47 Å². The second-order valence-electron chi connectivity index (χ2n) is 4.87. The molecule has 0 spiro atoms. The number of H-pyrrole nitrogens is 1. The summed E-state index contributed by atoms with van der Waals surface area (Å²) in [6.07, 6.45) is 2.45. The van der Waals surface area contributed by atoms with E-state index in [-0.39, 0.29) is 0 Å². The smallest absolute Gasteiger partial charge is 0.161 e.